The number of nitrogens with one attached hydrogen (secondary N) is 1. The SMILES string of the molecule is O=C(Nc1nc2ccccc2n1Cc1ccccc1)C1CCC(=O)N1Cc1ccccc1F. The van der Waals surface area contributed by atoms with E-state index in [-0.39, 0.29) is 30.6 Å². The lowest BCUT2D eigenvalue weighted by Crippen LogP contribution is -2.41. The molecule has 1 aromatic heterocycles. The van der Waals surface area contributed by atoms with Crippen LogP contribution < -0.4 is 5.32 Å². The molecule has 6 nitrogen and oxygen atoms in total. The van der Waals surface area contributed by atoms with E-state index in [1.54, 1.807) is 18.2 Å². The summed E-state index contributed by atoms with van der Waals surface area (Å²) >= 11 is 0. The zero-order valence-corrected chi connectivity index (χ0v) is 17.9. The van der Waals surface area contributed by atoms with Crippen LogP contribution in [0.15, 0.2) is 78.9 Å². The molecule has 0 saturated carbocycles. The zero-order valence-electron chi connectivity index (χ0n) is 17.9. The fourth-order valence-electron chi connectivity index (χ4n) is 4.31. The van der Waals surface area contributed by atoms with Crippen LogP contribution in [0.3, 0.4) is 0 Å². The number of hydrogen-bond acceptors (Lipinski definition) is 3. The molecule has 0 spiro atoms. The summed E-state index contributed by atoms with van der Waals surface area (Å²) in [5, 5.41) is 2.94. The molecule has 0 aliphatic carbocycles. The average molecular weight is 442 g/mol. The monoisotopic (exact) mass is 442 g/mol. The van der Waals surface area contributed by atoms with Gasteiger partial charge < -0.3 is 9.47 Å². The topological polar surface area (TPSA) is 67.2 Å². The molecule has 1 fully saturated rings. The molecule has 1 N–H and O–H groups in total. The number of para-hydroxylation sites is 2. The number of carbonyl (C=O) groups is 2. The van der Waals surface area contributed by atoms with E-state index in [0.717, 1.165) is 16.6 Å². The molecule has 1 saturated heterocycles. The second kappa shape index (κ2) is 8.86. The molecule has 166 valence electrons. The van der Waals surface area contributed by atoms with E-state index in [1.807, 2.05) is 59.2 Å². The highest BCUT2D eigenvalue weighted by molar-refractivity contribution is 5.99. The van der Waals surface area contributed by atoms with Crippen molar-refractivity contribution in [3.05, 3.63) is 95.8 Å². The van der Waals surface area contributed by atoms with Crippen LogP contribution in [0.5, 0.6) is 0 Å². The van der Waals surface area contributed by atoms with Crippen molar-refractivity contribution >= 4 is 28.8 Å². The highest BCUT2D eigenvalue weighted by Gasteiger charge is 2.37. The summed E-state index contributed by atoms with van der Waals surface area (Å²) in [4.78, 5) is 31.9. The smallest absolute Gasteiger partial charge is 0.249 e. The number of hydrogen-bond donors (Lipinski definition) is 1. The number of aromatic nitrogens is 2. The second-order valence-corrected chi connectivity index (χ2v) is 8.15. The zero-order chi connectivity index (χ0) is 22.8. The number of anilines is 1. The standard InChI is InChI=1S/C26H23FN4O2/c27-20-11-5-4-10-19(20)17-30-23(14-15-24(30)32)25(33)29-26-28-21-12-6-7-13-22(21)31(26)16-18-8-2-1-3-9-18/h1-13,23H,14-17H2,(H,28,29,33). The fraction of sp³-hybridized carbons (Fsp3) is 0.192. The van der Waals surface area contributed by atoms with Gasteiger partial charge >= 0.3 is 0 Å². The van der Waals surface area contributed by atoms with Crippen LogP contribution in [0.1, 0.15) is 24.0 Å². The Bertz CT molecular complexity index is 1320. The average Bonchev–Trinajstić information content (AvgIpc) is 3.36. The van der Waals surface area contributed by atoms with Crippen LogP contribution in [0.2, 0.25) is 0 Å². The van der Waals surface area contributed by atoms with E-state index < -0.39 is 6.04 Å². The van der Waals surface area contributed by atoms with Crippen LogP contribution in [0, 0.1) is 5.82 Å². The highest BCUT2D eigenvalue weighted by atomic mass is 19.1. The normalized spacial score (nSPS) is 15.8. The lowest BCUT2D eigenvalue weighted by Gasteiger charge is -2.24. The van der Waals surface area contributed by atoms with Crippen molar-refractivity contribution in [3.63, 3.8) is 0 Å². The van der Waals surface area contributed by atoms with Crippen LogP contribution in [-0.2, 0) is 22.7 Å². The molecular weight excluding hydrogens is 419 g/mol. The van der Waals surface area contributed by atoms with Gasteiger partial charge in [0.05, 0.1) is 17.6 Å². The lowest BCUT2D eigenvalue weighted by atomic mass is 10.1. The molecule has 5 rings (SSSR count). The second-order valence-electron chi connectivity index (χ2n) is 8.15. The third-order valence-corrected chi connectivity index (χ3v) is 6.00. The predicted octanol–water partition coefficient (Wildman–Crippen LogP) is 4.35. The van der Waals surface area contributed by atoms with Gasteiger partial charge in [-0.15, -0.1) is 0 Å². The van der Waals surface area contributed by atoms with Crippen molar-refractivity contribution in [2.75, 3.05) is 5.32 Å². The summed E-state index contributed by atoms with van der Waals surface area (Å²) in [6.07, 6.45) is 0.644. The lowest BCUT2D eigenvalue weighted by molar-refractivity contribution is -0.133. The number of carbonyl (C=O) groups excluding carboxylic acids is 2. The maximum Gasteiger partial charge on any atom is 0.249 e. The summed E-state index contributed by atoms with van der Waals surface area (Å²) in [7, 11) is 0. The molecule has 33 heavy (non-hydrogen) atoms. The minimum absolute atomic E-state index is 0.0595. The van der Waals surface area contributed by atoms with Crippen molar-refractivity contribution < 1.29 is 14.0 Å². The van der Waals surface area contributed by atoms with E-state index in [4.69, 9.17) is 0 Å². The first-order valence-corrected chi connectivity index (χ1v) is 10.9. The maximum atomic E-state index is 14.2. The number of rotatable bonds is 6. The Hall–Kier alpha value is -4.00. The van der Waals surface area contributed by atoms with Crippen molar-refractivity contribution in [1.29, 1.82) is 0 Å². The number of benzene rings is 3. The number of imidazole rings is 1. The molecule has 0 bridgehead atoms. The highest BCUT2D eigenvalue weighted by Crippen LogP contribution is 2.26. The number of halogens is 1. The Balaban J connectivity index is 1.42. The summed E-state index contributed by atoms with van der Waals surface area (Å²) in [6.45, 7) is 0.601. The molecule has 1 unspecified atom stereocenters. The first-order valence-electron chi connectivity index (χ1n) is 10.9. The molecule has 1 aliphatic rings. The molecule has 0 radical (unpaired) electrons. The van der Waals surface area contributed by atoms with Crippen LogP contribution >= 0.6 is 0 Å². The van der Waals surface area contributed by atoms with E-state index >= 15 is 0 Å². The first kappa shape index (κ1) is 20.9. The van der Waals surface area contributed by atoms with E-state index in [0.29, 0.717) is 24.5 Å². The van der Waals surface area contributed by atoms with Gasteiger partial charge in [-0.25, -0.2) is 9.37 Å². The van der Waals surface area contributed by atoms with Gasteiger partial charge in [-0.2, -0.15) is 0 Å². The minimum atomic E-state index is -0.679. The molecule has 7 heteroatoms. The van der Waals surface area contributed by atoms with E-state index in [1.165, 1.54) is 11.0 Å². The molecule has 2 heterocycles. The van der Waals surface area contributed by atoms with Crippen molar-refractivity contribution in [2.24, 2.45) is 0 Å². The largest absolute Gasteiger partial charge is 0.326 e. The van der Waals surface area contributed by atoms with Crippen molar-refractivity contribution in [3.8, 4) is 0 Å². The number of nitrogens with zero attached hydrogens (tertiary/aromatic N) is 3. The van der Waals surface area contributed by atoms with Gasteiger partial charge in [0.1, 0.15) is 11.9 Å². The Morgan fingerprint density at radius 1 is 0.970 bits per heavy atom. The van der Waals surface area contributed by atoms with Crippen molar-refractivity contribution in [1.82, 2.24) is 14.5 Å². The summed E-state index contributed by atoms with van der Waals surface area (Å²) in [5.74, 6) is -0.436. The molecule has 2 amide bonds. The van der Waals surface area contributed by atoms with Gasteiger partial charge in [-0.1, -0.05) is 60.7 Å². The Kier molecular flexibility index (Phi) is 5.60. The summed E-state index contributed by atoms with van der Waals surface area (Å²) in [5.41, 5.74) is 3.15. The van der Waals surface area contributed by atoms with Crippen LogP contribution in [0.4, 0.5) is 10.3 Å². The molecule has 4 aromatic rings. The Morgan fingerprint density at radius 3 is 2.52 bits per heavy atom. The molecule has 3 aromatic carbocycles. The van der Waals surface area contributed by atoms with Gasteiger partial charge in [-0.05, 0) is 30.2 Å². The van der Waals surface area contributed by atoms with E-state index in [2.05, 4.69) is 10.3 Å². The molecule has 1 atom stereocenters. The number of amides is 2. The maximum absolute atomic E-state index is 14.2. The van der Waals surface area contributed by atoms with E-state index in [9.17, 15) is 14.0 Å². The van der Waals surface area contributed by atoms with Gasteiger partial charge in [0, 0.05) is 18.5 Å². The third-order valence-electron chi connectivity index (χ3n) is 6.00. The fourth-order valence-corrected chi connectivity index (χ4v) is 4.31. The molecular formula is C26H23FN4O2. The summed E-state index contributed by atoms with van der Waals surface area (Å²) in [6, 6.07) is 23.3. The van der Waals surface area contributed by atoms with Gasteiger partial charge in [0.25, 0.3) is 0 Å². The van der Waals surface area contributed by atoms with Gasteiger partial charge in [0.15, 0.2) is 0 Å². The summed E-state index contributed by atoms with van der Waals surface area (Å²) < 4.78 is 16.1. The predicted molar refractivity (Wildman–Crippen MR) is 124 cm³/mol. The van der Waals surface area contributed by atoms with Gasteiger partial charge in [-0.3, -0.25) is 14.9 Å². The first-order chi connectivity index (χ1) is 16.1. The third kappa shape index (κ3) is 4.22. The molecule has 1 aliphatic heterocycles. The van der Waals surface area contributed by atoms with Gasteiger partial charge in [0.2, 0.25) is 17.8 Å². The van der Waals surface area contributed by atoms with Crippen molar-refractivity contribution in [2.45, 2.75) is 32.0 Å². The number of likely N-dealkylation sites (tertiary alicyclic amines) is 1. The number of fused-ring (bicyclic) bond motifs is 1. The van der Waals surface area contributed by atoms with Crippen LogP contribution in [0.25, 0.3) is 11.0 Å². The van der Waals surface area contributed by atoms with Crippen LogP contribution in [-0.4, -0.2) is 32.3 Å². The Labute approximate surface area is 190 Å². The minimum Gasteiger partial charge on any atom is -0.326 e. The quantitative estimate of drug-likeness (QED) is 0.483. The Morgan fingerprint density at radius 2 is 1.70 bits per heavy atom.